The number of rotatable bonds is 8. The van der Waals surface area contributed by atoms with E-state index in [1.54, 1.807) is 13.8 Å². The molecule has 4 N–H and O–H groups in total. The van der Waals surface area contributed by atoms with Crippen molar-refractivity contribution in [2.24, 2.45) is 39.4 Å². The van der Waals surface area contributed by atoms with Crippen molar-refractivity contribution in [2.75, 3.05) is 0 Å². The summed E-state index contributed by atoms with van der Waals surface area (Å²) in [5.74, 6) is -1.14. The minimum atomic E-state index is -2.00. The number of aldehydes is 1. The molecule has 10 nitrogen and oxygen atoms in total. The van der Waals surface area contributed by atoms with Gasteiger partial charge in [-0.25, -0.2) is 4.79 Å². The molecule has 4 aliphatic carbocycles. The van der Waals surface area contributed by atoms with Crippen LogP contribution in [0.5, 0.6) is 0 Å². The highest BCUT2D eigenvalue weighted by atomic mass is 16.6. The lowest BCUT2D eigenvalue weighted by molar-refractivity contribution is -0.247. The number of hydrogen-bond donors (Lipinski definition) is 4. The second-order valence-corrected chi connectivity index (χ2v) is 17.9. The molecular weight excluding hydrogens is 616 g/mol. The fourth-order valence-electron chi connectivity index (χ4n) is 11.5. The average molecular weight is 677 g/mol. The minimum absolute atomic E-state index is 0.00533. The number of carbonyl (C=O) groups excluding carboxylic acids is 3. The molecule has 0 aromatic carbocycles. The molecular formula is C38H60O10. The third-order valence-electron chi connectivity index (χ3n) is 14.3. The van der Waals surface area contributed by atoms with Gasteiger partial charge in [0.15, 0.2) is 12.4 Å². The molecule has 0 bridgehead atoms. The molecule has 10 heteroatoms. The Kier molecular flexibility index (Phi) is 9.69. The van der Waals surface area contributed by atoms with Crippen molar-refractivity contribution < 1.29 is 49.0 Å². The van der Waals surface area contributed by atoms with E-state index in [4.69, 9.17) is 14.2 Å². The van der Waals surface area contributed by atoms with Crippen molar-refractivity contribution in [1.29, 1.82) is 0 Å². The lowest BCUT2D eigenvalue weighted by Crippen LogP contribution is -2.62. The first-order valence-electron chi connectivity index (χ1n) is 18.1. The molecule has 3 fully saturated rings. The van der Waals surface area contributed by atoms with Gasteiger partial charge in [0.2, 0.25) is 0 Å². The van der Waals surface area contributed by atoms with E-state index in [0.29, 0.717) is 19.1 Å². The van der Waals surface area contributed by atoms with E-state index in [1.165, 1.54) is 25.0 Å². The van der Waals surface area contributed by atoms with Crippen LogP contribution in [-0.2, 0) is 28.6 Å². The quantitative estimate of drug-likeness (QED) is 0.160. The van der Waals surface area contributed by atoms with E-state index in [2.05, 4.69) is 34.6 Å². The second-order valence-electron chi connectivity index (χ2n) is 17.9. The lowest BCUT2D eigenvalue weighted by atomic mass is 9.43. The van der Waals surface area contributed by atoms with Crippen LogP contribution in [0.4, 0.5) is 0 Å². The van der Waals surface area contributed by atoms with Gasteiger partial charge < -0.3 is 39.4 Å². The molecule has 5 rings (SSSR count). The smallest absolute Gasteiger partial charge is 0.338 e. The van der Waals surface area contributed by atoms with Crippen LogP contribution in [0.1, 0.15) is 127 Å². The highest BCUT2D eigenvalue weighted by Gasteiger charge is 2.66. The largest absolute Gasteiger partial charge is 0.458 e. The first-order valence-corrected chi connectivity index (χ1v) is 18.1. The van der Waals surface area contributed by atoms with Gasteiger partial charge in [-0.3, -0.25) is 4.79 Å². The number of fused-ring (bicyclic) bond motifs is 4. The summed E-state index contributed by atoms with van der Waals surface area (Å²) in [7, 11) is 0. The van der Waals surface area contributed by atoms with Crippen LogP contribution in [0.15, 0.2) is 11.1 Å². The summed E-state index contributed by atoms with van der Waals surface area (Å²) in [6, 6.07) is 0. The van der Waals surface area contributed by atoms with Gasteiger partial charge in [0.05, 0.1) is 11.7 Å². The Hall–Kier alpha value is -1.85. The van der Waals surface area contributed by atoms with Crippen molar-refractivity contribution >= 4 is 18.2 Å². The molecule has 12 atom stereocenters. The van der Waals surface area contributed by atoms with Crippen molar-refractivity contribution in [3.63, 3.8) is 0 Å². The maximum Gasteiger partial charge on any atom is 0.338 e. The maximum atomic E-state index is 13.3. The standard InChI is InChI=1S/C38H60O10/c1-21(40)46-30-26(47-32(43)29(41)38(9,45)18-19-39)20-35(6)24-15-17-36(7)23(22-10-13-28(34(4,5)44)48-31(22)42)14-16-37(36,8)25(24)11-12-27(35)33(30,2)3/h19,22-23,26-31,41-42,44-45H,10-18,20H2,1-9H3. The molecule has 0 amide bonds. The molecule has 1 saturated heterocycles. The Morgan fingerprint density at radius 2 is 1.65 bits per heavy atom. The molecule has 12 unspecified atom stereocenters. The predicted octanol–water partition coefficient (Wildman–Crippen LogP) is 4.77. The Labute approximate surface area is 286 Å². The summed E-state index contributed by atoms with van der Waals surface area (Å²) in [6.07, 6.45) is 2.64. The predicted molar refractivity (Wildman–Crippen MR) is 177 cm³/mol. The fourth-order valence-corrected chi connectivity index (χ4v) is 11.5. The molecule has 1 heterocycles. The second kappa shape index (κ2) is 12.4. The van der Waals surface area contributed by atoms with E-state index in [-0.39, 0.29) is 34.0 Å². The van der Waals surface area contributed by atoms with Gasteiger partial charge in [0, 0.05) is 24.7 Å². The molecule has 2 saturated carbocycles. The van der Waals surface area contributed by atoms with E-state index in [9.17, 15) is 34.8 Å². The number of carbonyl (C=O) groups is 3. The number of esters is 2. The summed E-state index contributed by atoms with van der Waals surface area (Å²) >= 11 is 0. The van der Waals surface area contributed by atoms with Crippen LogP contribution in [-0.4, -0.2) is 80.6 Å². The fraction of sp³-hybridized carbons (Fsp3) is 0.868. The molecule has 48 heavy (non-hydrogen) atoms. The molecule has 1 aliphatic heterocycles. The summed E-state index contributed by atoms with van der Waals surface area (Å²) < 4.78 is 17.9. The van der Waals surface area contributed by atoms with Gasteiger partial charge in [0.25, 0.3) is 0 Å². The van der Waals surface area contributed by atoms with Crippen LogP contribution < -0.4 is 0 Å². The van der Waals surface area contributed by atoms with Crippen LogP contribution in [0.2, 0.25) is 0 Å². The Morgan fingerprint density at radius 3 is 2.23 bits per heavy atom. The molecule has 0 aromatic heterocycles. The average Bonchev–Trinajstić information content (AvgIpc) is 3.24. The van der Waals surface area contributed by atoms with Crippen LogP contribution in [0.3, 0.4) is 0 Å². The zero-order valence-corrected chi connectivity index (χ0v) is 30.5. The van der Waals surface area contributed by atoms with Gasteiger partial charge in [-0.05, 0) is 107 Å². The Balaban J connectivity index is 1.48. The van der Waals surface area contributed by atoms with Crippen molar-refractivity contribution in [3.05, 3.63) is 11.1 Å². The van der Waals surface area contributed by atoms with Gasteiger partial charge >= 0.3 is 11.9 Å². The Bertz CT molecular complexity index is 1310. The number of aliphatic hydroxyl groups excluding tert-OH is 2. The van der Waals surface area contributed by atoms with Crippen molar-refractivity contribution in [3.8, 4) is 0 Å². The van der Waals surface area contributed by atoms with E-state index in [0.717, 1.165) is 44.9 Å². The van der Waals surface area contributed by atoms with Gasteiger partial charge in [-0.2, -0.15) is 0 Å². The molecule has 0 spiro atoms. The number of aliphatic hydroxyl groups is 4. The number of allylic oxidation sites excluding steroid dienone is 2. The third-order valence-corrected chi connectivity index (χ3v) is 14.3. The van der Waals surface area contributed by atoms with Gasteiger partial charge in [-0.15, -0.1) is 0 Å². The summed E-state index contributed by atoms with van der Waals surface area (Å²) in [6.45, 7) is 17.2. The van der Waals surface area contributed by atoms with E-state index >= 15 is 0 Å². The van der Waals surface area contributed by atoms with Gasteiger partial charge in [-0.1, -0.05) is 45.8 Å². The molecule has 0 radical (unpaired) electrons. The zero-order valence-electron chi connectivity index (χ0n) is 30.5. The topological polar surface area (TPSA) is 160 Å². The van der Waals surface area contributed by atoms with E-state index < -0.39 is 65.7 Å². The van der Waals surface area contributed by atoms with Gasteiger partial charge in [0.1, 0.15) is 24.1 Å². The first kappa shape index (κ1) is 37.4. The highest BCUT2D eigenvalue weighted by Crippen LogP contribution is 2.73. The lowest BCUT2D eigenvalue weighted by Gasteiger charge is -2.63. The number of hydrogen-bond acceptors (Lipinski definition) is 10. The monoisotopic (exact) mass is 676 g/mol. The zero-order chi connectivity index (χ0) is 35.8. The third kappa shape index (κ3) is 5.89. The normalized spacial score (nSPS) is 42.8. The molecule has 272 valence electrons. The summed E-state index contributed by atoms with van der Waals surface area (Å²) in [4.78, 5) is 36.8. The Morgan fingerprint density at radius 1 is 0.979 bits per heavy atom. The summed E-state index contributed by atoms with van der Waals surface area (Å²) in [5.41, 5.74) is -1.28. The van der Waals surface area contributed by atoms with Crippen LogP contribution in [0, 0.1) is 39.4 Å². The molecule has 5 aliphatic rings. The molecule has 0 aromatic rings. The first-order chi connectivity index (χ1) is 22.0. The van der Waals surface area contributed by atoms with Crippen molar-refractivity contribution in [1.82, 2.24) is 0 Å². The number of ether oxygens (including phenoxy) is 3. The van der Waals surface area contributed by atoms with Crippen LogP contribution >= 0.6 is 0 Å². The maximum absolute atomic E-state index is 13.3. The highest BCUT2D eigenvalue weighted by molar-refractivity contribution is 5.77. The van der Waals surface area contributed by atoms with E-state index in [1.807, 2.05) is 0 Å². The minimum Gasteiger partial charge on any atom is -0.458 e. The SMILES string of the molecule is CC(=O)OC1C(OC(=O)C(O)C(C)(O)CC=O)CC2(C)C3=C(CCC2C1(C)C)C1(C)CCC(C2CCC(C(C)(C)O)OC2O)C1(C)CC3. The van der Waals surface area contributed by atoms with Crippen LogP contribution in [0.25, 0.3) is 0 Å². The van der Waals surface area contributed by atoms with Crippen molar-refractivity contribution in [2.45, 2.75) is 168 Å². The summed E-state index contributed by atoms with van der Waals surface area (Å²) in [5, 5.41) is 43.1.